The lowest BCUT2D eigenvalue weighted by molar-refractivity contribution is 0.0742. The van der Waals surface area contributed by atoms with Crippen molar-refractivity contribution in [2.45, 2.75) is 17.9 Å². The van der Waals surface area contributed by atoms with Crippen molar-refractivity contribution in [1.29, 1.82) is 0 Å². The molecule has 1 unspecified atom stereocenters. The van der Waals surface area contributed by atoms with Gasteiger partial charge in [-0.25, -0.2) is 17.9 Å². The van der Waals surface area contributed by atoms with Crippen LogP contribution in [0.15, 0.2) is 47.4 Å². The summed E-state index contributed by atoms with van der Waals surface area (Å²) in [6.07, 6.45) is 0. The summed E-state index contributed by atoms with van der Waals surface area (Å²) >= 11 is 5.92. The molecule has 5 nitrogen and oxygen atoms in total. The summed E-state index contributed by atoms with van der Waals surface area (Å²) in [7, 11) is -2.18. The van der Waals surface area contributed by atoms with Gasteiger partial charge >= 0.3 is 0 Å². The number of benzene rings is 2. The molecule has 24 heavy (non-hydrogen) atoms. The fraction of sp³-hybridized carbons (Fsp3) is 0.188. The van der Waals surface area contributed by atoms with Gasteiger partial charge in [0.25, 0.3) is 5.91 Å². The minimum Gasteiger partial charge on any atom is -0.335 e. The first-order valence-corrected chi connectivity index (χ1v) is 8.88. The van der Waals surface area contributed by atoms with Crippen LogP contribution in [0.25, 0.3) is 0 Å². The molecule has 1 amide bonds. The van der Waals surface area contributed by atoms with Gasteiger partial charge < -0.3 is 4.90 Å². The number of halogens is 2. The number of rotatable bonds is 4. The summed E-state index contributed by atoms with van der Waals surface area (Å²) in [5, 5.41) is 5.09. The first-order valence-electron chi connectivity index (χ1n) is 6.96. The highest BCUT2D eigenvalue weighted by atomic mass is 35.5. The average Bonchev–Trinajstić information content (AvgIpc) is 2.52. The molecule has 0 fully saturated rings. The molecule has 0 aliphatic rings. The number of nitrogens with zero attached hydrogens (tertiary/aromatic N) is 1. The molecule has 0 saturated carbocycles. The molecule has 1 atom stereocenters. The Morgan fingerprint density at radius 3 is 2.29 bits per heavy atom. The van der Waals surface area contributed by atoms with Gasteiger partial charge in [-0.1, -0.05) is 23.7 Å². The maximum Gasteiger partial charge on any atom is 0.255 e. The first kappa shape index (κ1) is 18.4. The minimum absolute atomic E-state index is 0.00555. The number of carbonyl (C=O) groups is 1. The zero-order valence-electron chi connectivity index (χ0n) is 13.0. The van der Waals surface area contributed by atoms with E-state index in [9.17, 15) is 17.6 Å². The van der Waals surface area contributed by atoms with E-state index in [1.165, 1.54) is 29.2 Å². The predicted molar refractivity (Wildman–Crippen MR) is 89.7 cm³/mol. The van der Waals surface area contributed by atoms with Crippen molar-refractivity contribution < 1.29 is 17.6 Å². The Bertz CT molecular complexity index is 869. The molecule has 128 valence electrons. The molecular formula is C16H16ClFN2O3S. The zero-order chi connectivity index (χ0) is 18.1. The second kappa shape index (κ2) is 6.88. The van der Waals surface area contributed by atoms with Gasteiger partial charge in [0.05, 0.1) is 21.5 Å². The molecule has 0 spiro atoms. The van der Waals surface area contributed by atoms with Crippen LogP contribution in [0.2, 0.25) is 5.02 Å². The van der Waals surface area contributed by atoms with E-state index in [0.717, 1.165) is 11.6 Å². The van der Waals surface area contributed by atoms with Gasteiger partial charge in [0, 0.05) is 7.05 Å². The van der Waals surface area contributed by atoms with E-state index < -0.39 is 15.8 Å². The van der Waals surface area contributed by atoms with Crippen LogP contribution in [0.5, 0.6) is 0 Å². The average molecular weight is 371 g/mol. The maximum atomic E-state index is 13.1. The fourth-order valence-corrected chi connectivity index (χ4v) is 2.95. The van der Waals surface area contributed by atoms with Crippen LogP contribution in [0, 0.1) is 5.82 Å². The molecule has 0 aromatic heterocycles. The smallest absolute Gasteiger partial charge is 0.255 e. The van der Waals surface area contributed by atoms with E-state index in [1.807, 2.05) is 0 Å². The minimum atomic E-state index is -3.77. The highest BCUT2D eigenvalue weighted by Gasteiger charge is 2.21. The third-order valence-corrected chi connectivity index (χ3v) is 5.00. The van der Waals surface area contributed by atoms with Crippen molar-refractivity contribution >= 4 is 27.5 Å². The van der Waals surface area contributed by atoms with Gasteiger partial charge in [0.1, 0.15) is 5.82 Å². The predicted octanol–water partition coefficient (Wildman–Crippen LogP) is 2.96. The number of nitrogens with two attached hydrogens (primary N) is 1. The van der Waals surface area contributed by atoms with E-state index in [2.05, 4.69) is 0 Å². The zero-order valence-corrected chi connectivity index (χ0v) is 14.6. The van der Waals surface area contributed by atoms with Crippen LogP contribution in [0.3, 0.4) is 0 Å². The van der Waals surface area contributed by atoms with E-state index in [4.69, 9.17) is 16.7 Å². The Morgan fingerprint density at radius 2 is 1.79 bits per heavy atom. The first-order chi connectivity index (χ1) is 11.1. The van der Waals surface area contributed by atoms with Crippen LogP contribution in [0.4, 0.5) is 4.39 Å². The SMILES string of the molecule is CC(c1ccc(S(N)(=O)=O)cc1)N(C)C(=O)c1ccc(F)cc1Cl. The monoisotopic (exact) mass is 370 g/mol. The summed E-state index contributed by atoms with van der Waals surface area (Å²) in [5.41, 5.74) is 0.907. The Balaban J connectivity index is 2.25. The molecule has 0 radical (unpaired) electrons. The van der Waals surface area contributed by atoms with E-state index in [-0.39, 0.29) is 27.4 Å². The van der Waals surface area contributed by atoms with Crippen LogP contribution in [-0.2, 0) is 10.0 Å². The highest BCUT2D eigenvalue weighted by Crippen LogP contribution is 2.25. The molecule has 2 aromatic carbocycles. The summed E-state index contributed by atoms with van der Waals surface area (Å²) in [5.74, 6) is -0.895. The number of carbonyl (C=O) groups excluding carboxylic acids is 1. The molecule has 0 heterocycles. The normalized spacial score (nSPS) is 12.7. The molecule has 0 bridgehead atoms. The second-order valence-corrected chi connectivity index (χ2v) is 7.30. The Labute approximate surface area is 144 Å². The number of hydrogen-bond donors (Lipinski definition) is 1. The highest BCUT2D eigenvalue weighted by molar-refractivity contribution is 7.89. The Kier molecular flexibility index (Phi) is 5.27. The molecular weight excluding hydrogens is 355 g/mol. The molecule has 0 saturated heterocycles. The lowest BCUT2D eigenvalue weighted by atomic mass is 10.1. The summed E-state index contributed by atoms with van der Waals surface area (Å²) in [4.78, 5) is 14.0. The van der Waals surface area contributed by atoms with Crippen LogP contribution < -0.4 is 5.14 Å². The van der Waals surface area contributed by atoms with Crippen LogP contribution in [0.1, 0.15) is 28.9 Å². The number of hydrogen-bond acceptors (Lipinski definition) is 3. The third-order valence-electron chi connectivity index (χ3n) is 3.75. The quantitative estimate of drug-likeness (QED) is 0.898. The molecule has 2 aromatic rings. The summed E-state index contributed by atoms with van der Waals surface area (Å²) in [6, 6.07) is 9.14. The summed E-state index contributed by atoms with van der Waals surface area (Å²) in [6.45, 7) is 1.78. The van der Waals surface area contributed by atoms with Gasteiger partial charge in [0.2, 0.25) is 10.0 Å². The topological polar surface area (TPSA) is 80.5 Å². The van der Waals surface area contributed by atoms with Gasteiger partial charge in [0.15, 0.2) is 0 Å². The largest absolute Gasteiger partial charge is 0.335 e. The lowest BCUT2D eigenvalue weighted by Crippen LogP contribution is -2.30. The second-order valence-electron chi connectivity index (χ2n) is 5.33. The molecule has 0 aliphatic heterocycles. The van der Waals surface area contributed by atoms with Gasteiger partial charge in [-0.2, -0.15) is 0 Å². The van der Waals surface area contributed by atoms with Crippen molar-refractivity contribution in [3.8, 4) is 0 Å². The maximum absolute atomic E-state index is 13.1. The van der Waals surface area contributed by atoms with Gasteiger partial charge in [-0.3, -0.25) is 4.79 Å². The van der Waals surface area contributed by atoms with Crippen molar-refractivity contribution in [2.24, 2.45) is 5.14 Å². The van der Waals surface area contributed by atoms with Gasteiger partial charge in [-0.05, 0) is 42.8 Å². The van der Waals surface area contributed by atoms with E-state index in [1.54, 1.807) is 26.1 Å². The molecule has 8 heteroatoms. The number of amides is 1. The summed E-state index contributed by atoms with van der Waals surface area (Å²) < 4.78 is 35.6. The van der Waals surface area contributed by atoms with E-state index in [0.29, 0.717) is 0 Å². The molecule has 2 N–H and O–H groups in total. The Hall–Kier alpha value is -1.96. The fourth-order valence-electron chi connectivity index (χ4n) is 2.19. The Morgan fingerprint density at radius 1 is 1.21 bits per heavy atom. The van der Waals surface area contributed by atoms with Crippen LogP contribution >= 0.6 is 11.6 Å². The molecule has 2 rings (SSSR count). The van der Waals surface area contributed by atoms with Crippen molar-refractivity contribution in [2.75, 3.05) is 7.05 Å². The molecule has 0 aliphatic carbocycles. The number of sulfonamides is 1. The van der Waals surface area contributed by atoms with E-state index >= 15 is 0 Å². The van der Waals surface area contributed by atoms with Gasteiger partial charge in [-0.15, -0.1) is 0 Å². The lowest BCUT2D eigenvalue weighted by Gasteiger charge is -2.26. The van der Waals surface area contributed by atoms with Crippen molar-refractivity contribution in [3.05, 3.63) is 64.4 Å². The number of primary sulfonamides is 1. The van der Waals surface area contributed by atoms with Crippen LogP contribution in [-0.4, -0.2) is 26.3 Å². The standard InChI is InChI=1S/C16H16ClFN2O3S/c1-10(11-3-6-13(7-4-11)24(19,22)23)20(2)16(21)14-8-5-12(18)9-15(14)17/h3-10H,1-2H3,(H2,19,22,23). The van der Waals surface area contributed by atoms with Crippen molar-refractivity contribution in [3.63, 3.8) is 0 Å². The van der Waals surface area contributed by atoms with Crippen molar-refractivity contribution in [1.82, 2.24) is 4.90 Å². The third kappa shape index (κ3) is 3.92.